The minimum Gasteiger partial charge on any atom is -0.396 e. The van der Waals surface area contributed by atoms with Gasteiger partial charge in [-0.3, -0.25) is 0 Å². The van der Waals surface area contributed by atoms with Crippen LogP contribution in [-0.2, 0) is 0 Å². The van der Waals surface area contributed by atoms with Gasteiger partial charge in [0, 0.05) is 5.41 Å². The van der Waals surface area contributed by atoms with Gasteiger partial charge in [-0.15, -0.1) is 0 Å². The van der Waals surface area contributed by atoms with Crippen molar-refractivity contribution in [3.05, 3.63) is 0 Å². The van der Waals surface area contributed by atoms with Crippen molar-refractivity contribution in [3.63, 3.8) is 0 Å². The maximum Gasteiger partial charge on any atom is 0.0511 e. The van der Waals surface area contributed by atoms with E-state index < -0.39 is 0 Å². The summed E-state index contributed by atoms with van der Waals surface area (Å²) in [5, 5.41) is 18.8. The van der Waals surface area contributed by atoms with Crippen molar-refractivity contribution in [2.75, 3.05) is 13.2 Å². The third-order valence-electron chi connectivity index (χ3n) is 3.23. The lowest BCUT2D eigenvalue weighted by atomic mass is 9.72. The molecule has 0 aliphatic rings. The van der Waals surface area contributed by atoms with Gasteiger partial charge in [0.2, 0.25) is 0 Å². The molecule has 0 aromatic rings. The molecule has 14 heavy (non-hydrogen) atoms. The molecule has 0 rings (SSSR count). The molecule has 0 amide bonds. The van der Waals surface area contributed by atoms with Crippen LogP contribution in [0.1, 0.15) is 47.5 Å². The van der Waals surface area contributed by atoms with E-state index in [2.05, 4.69) is 34.6 Å². The van der Waals surface area contributed by atoms with Crippen LogP contribution in [0.4, 0.5) is 0 Å². The zero-order chi connectivity index (χ0) is 11.4. The number of hydrogen-bond donors (Lipinski definition) is 2. The molecule has 0 aliphatic carbocycles. The van der Waals surface area contributed by atoms with Crippen LogP contribution in [0.25, 0.3) is 0 Å². The second kappa shape index (κ2) is 5.13. The molecule has 0 radical (unpaired) electrons. The molecule has 0 atom stereocenters. The molecule has 0 unspecified atom stereocenters. The van der Waals surface area contributed by atoms with Crippen LogP contribution in [0.3, 0.4) is 0 Å². The van der Waals surface area contributed by atoms with E-state index >= 15 is 0 Å². The Bertz CT molecular complexity index is 152. The summed E-state index contributed by atoms with van der Waals surface area (Å²) in [6.07, 6.45) is 1.92. The predicted molar refractivity (Wildman–Crippen MR) is 60.1 cm³/mol. The molecule has 0 bridgehead atoms. The molecule has 0 heterocycles. The van der Waals surface area contributed by atoms with Crippen molar-refractivity contribution in [1.29, 1.82) is 0 Å². The van der Waals surface area contributed by atoms with E-state index in [1.165, 1.54) is 0 Å². The molecular weight excluding hydrogens is 176 g/mol. The van der Waals surface area contributed by atoms with Crippen LogP contribution in [0, 0.1) is 16.7 Å². The first kappa shape index (κ1) is 13.9. The van der Waals surface area contributed by atoms with Gasteiger partial charge in [-0.25, -0.2) is 0 Å². The first-order chi connectivity index (χ1) is 6.27. The van der Waals surface area contributed by atoms with Crippen LogP contribution in [0.5, 0.6) is 0 Å². The fourth-order valence-corrected chi connectivity index (χ4v) is 1.49. The van der Waals surface area contributed by atoms with E-state index in [-0.39, 0.29) is 24.0 Å². The van der Waals surface area contributed by atoms with Gasteiger partial charge in [-0.1, -0.05) is 34.6 Å². The smallest absolute Gasteiger partial charge is 0.0511 e. The van der Waals surface area contributed by atoms with Crippen LogP contribution in [0.15, 0.2) is 0 Å². The Hall–Kier alpha value is -0.0800. The first-order valence-corrected chi connectivity index (χ1v) is 5.49. The quantitative estimate of drug-likeness (QED) is 0.719. The van der Waals surface area contributed by atoms with Gasteiger partial charge in [0.25, 0.3) is 0 Å². The molecule has 0 fully saturated rings. The summed E-state index contributed by atoms with van der Waals surface area (Å²) < 4.78 is 0. The largest absolute Gasteiger partial charge is 0.396 e. The first-order valence-electron chi connectivity index (χ1n) is 5.49. The lowest BCUT2D eigenvalue weighted by Crippen LogP contribution is -2.36. The zero-order valence-corrected chi connectivity index (χ0v) is 10.3. The Kier molecular flexibility index (Phi) is 5.10. The van der Waals surface area contributed by atoms with E-state index in [1.807, 2.05) is 0 Å². The second-order valence-corrected chi connectivity index (χ2v) is 5.89. The van der Waals surface area contributed by atoms with Gasteiger partial charge in [0.15, 0.2) is 0 Å². The minimum absolute atomic E-state index is 0.0806. The number of rotatable bonds is 5. The van der Waals surface area contributed by atoms with Gasteiger partial charge in [0.1, 0.15) is 0 Å². The van der Waals surface area contributed by atoms with Crippen LogP contribution in [0.2, 0.25) is 0 Å². The highest BCUT2D eigenvalue weighted by atomic mass is 16.3. The highest BCUT2D eigenvalue weighted by Crippen LogP contribution is 2.36. The van der Waals surface area contributed by atoms with E-state index in [1.54, 1.807) is 0 Å². The average Bonchev–Trinajstić information content (AvgIpc) is 2.04. The fraction of sp³-hybridized carbons (Fsp3) is 1.00. The van der Waals surface area contributed by atoms with Crippen LogP contribution in [-0.4, -0.2) is 23.4 Å². The molecule has 86 valence electrons. The van der Waals surface area contributed by atoms with Crippen molar-refractivity contribution in [1.82, 2.24) is 0 Å². The molecule has 0 aromatic carbocycles. The van der Waals surface area contributed by atoms with Crippen molar-refractivity contribution >= 4 is 0 Å². The Morgan fingerprint density at radius 1 is 0.929 bits per heavy atom. The molecular formula is C12H26O2. The standard InChI is InChI=1S/C12H26O2/c1-10(2)12(8-13,9-14)7-6-11(3,4)5/h10,13-14H,6-9H2,1-5H3. The Morgan fingerprint density at radius 2 is 1.36 bits per heavy atom. The molecule has 2 heteroatoms. The Labute approximate surface area is 88.3 Å². The number of aliphatic hydroxyl groups excluding tert-OH is 2. The van der Waals surface area contributed by atoms with Crippen molar-refractivity contribution < 1.29 is 10.2 Å². The molecule has 0 spiro atoms. The highest BCUT2D eigenvalue weighted by molar-refractivity contribution is 4.82. The van der Waals surface area contributed by atoms with Gasteiger partial charge in [0.05, 0.1) is 13.2 Å². The lowest BCUT2D eigenvalue weighted by molar-refractivity contribution is 0.000912. The van der Waals surface area contributed by atoms with Gasteiger partial charge < -0.3 is 10.2 Å². The summed E-state index contributed by atoms with van der Waals surface area (Å²) in [4.78, 5) is 0. The summed E-state index contributed by atoms with van der Waals surface area (Å²) in [7, 11) is 0. The molecule has 2 N–H and O–H groups in total. The minimum atomic E-state index is -0.298. The SMILES string of the molecule is CC(C)C(CO)(CO)CCC(C)(C)C. The Morgan fingerprint density at radius 3 is 1.57 bits per heavy atom. The van der Waals surface area contributed by atoms with E-state index in [0.29, 0.717) is 5.92 Å². The number of hydrogen-bond acceptors (Lipinski definition) is 2. The summed E-state index contributed by atoms with van der Waals surface area (Å²) in [5.74, 6) is 0.319. The van der Waals surface area contributed by atoms with Crippen molar-refractivity contribution in [2.45, 2.75) is 47.5 Å². The topological polar surface area (TPSA) is 40.5 Å². The third kappa shape index (κ3) is 3.97. The van der Waals surface area contributed by atoms with Crippen LogP contribution >= 0.6 is 0 Å². The molecule has 2 nitrogen and oxygen atoms in total. The summed E-state index contributed by atoms with van der Waals surface area (Å²) in [6, 6.07) is 0. The summed E-state index contributed by atoms with van der Waals surface area (Å²) >= 11 is 0. The lowest BCUT2D eigenvalue weighted by Gasteiger charge is -2.36. The third-order valence-corrected chi connectivity index (χ3v) is 3.23. The average molecular weight is 202 g/mol. The van der Waals surface area contributed by atoms with Crippen LogP contribution < -0.4 is 0 Å². The number of aliphatic hydroxyl groups is 2. The van der Waals surface area contributed by atoms with E-state index in [9.17, 15) is 10.2 Å². The monoisotopic (exact) mass is 202 g/mol. The van der Waals surface area contributed by atoms with Crippen molar-refractivity contribution in [3.8, 4) is 0 Å². The van der Waals surface area contributed by atoms with E-state index in [4.69, 9.17) is 0 Å². The summed E-state index contributed by atoms with van der Waals surface area (Å²) in [5.41, 5.74) is -0.0300. The molecule has 0 saturated heterocycles. The maximum absolute atomic E-state index is 9.38. The van der Waals surface area contributed by atoms with Gasteiger partial charge in [-0.05, 0) is 24.2 Å². The highest BCUT2D eigenvalue weighted by Gasteiger charge is 2.33. The molecule has 0 saturated carbocycles. The van der Waals surface area contributed by atoms with E-state index in [0.717, 1.165) is 12.8 Å². The van der Waals surface area contributed by atoms with Gasteiger partial charge in [-0.2, -0.15) is 0 Å². The van der Waals surface area contributed by atoms with Crippen molar-refractivity contribution in [2.24, 2.45) is 16.7 Å². The normalized spacial score (nSPS) is 13.7. The zero-order valence-electron chi connectivity index (χ0n) is 10.3. The maximum atomic E-state index is 9.38. The summed E-state index contributed by atoms with van der Waals surface area (Å²) in [6.45, 7) is 10.9. The Balaban J connectivity index is 4.37. The van der Waals surface area contributed by atoms with Gasteiger partial charge >= 0.3 is 0 Å². The fourth-order valence-electron chi connectivity index (χ4n) is 1.49. The predicted octanol–water partition coefficient (Wildman–Crippen LogP) is 2.44. The molecule has 0 aliphatic heterocycles. The second-order valence-electron chi connectivity index (χ2n) is 5.89. The molecule has 0 aromatic heterocycles.